The second-order valence-corrected chi connectivity index (χ2v) is 22.8. The van der Waals surface area contributed by atoms with E-state index in [4.69, 9.17) is 0 Å². The molecule has 0 fully saturated rings. The smallest absolute Gasteiger partial charge is 0.130 e. The molecule has 3 aromatic heterocycles. The minimum Gasteiger partial charge on any atom is -0.340 e. The van der Waals surface area contributed by atoms with E-state index in [1.165, 1.54) is 154 Å². The van der Waals surface area contributed by atoms with Crippen LogP contribution in [0.25, 0.3) is 83.6 Å². The van der Waals surface area contributed by atoms with E-state index in [9.17, 15) is 31.6 Å². The summed E-state index contributed by atoms with van der Waals surface area (Å²) in [6.45, 7) is 9.20. The van der Waals surface area contributed by atoms with Crippen molar-refractivity contribution in [3.63, 3.8) is 0 Å². The fourth-order valence-corrected chi connectivity index (χ4v) is 12.6. The van der Waals surface area contributed by atoms with Gasteiger partial charge in [0.1, 0.15) is 53.1 Å². The van der Waals surface area contributed by atoms with Crippen molar-refractivity contribution in [2.45, 2.75) is 233 Å². The van der Waals surface area contributed by atoms with Gasteiger partial charge >= 0.3 is 0 Å². The van der Waals surface area contributed by atoms with Crippen molar-refractivity contribution in [3.8, 4) is 36.4 Å². The van der Waals surface area contributed by atoms with Gasteiger partial charge in [0, 0.05) is 68.5 Å². The number of hydrogen-bond donors (Lipinski definition) is 0. The van der Waals surface area contributed by atoms with Gasteiger partial charge in [0.05, 0.1) is 16.6 Å². The highest BCUT2D eigenvalue weighted by Crippen LogP contribution is 2.49. The van der Waals surface area contributed by atoms with Crippen LogP contribution in [0.2, 0.25) is 0 Å². The Hall–Kier alpha value is -7.56. The Labute approximate surface area is 484 Å². The van der Waals surface area contributed by atoms with Gasteiger partial charge in [0.2, 0.25) is 0 Å². The second kappa shape index (κ2) is 32.6. The number of unbranched alkanes of at least 4 members (excludes halogenated alkanes) is 27. The molecule has 0 bridgehead atoms. The number of allylic oxidation sites excluding steroid dienone is 3. The van der Waals surface area contributed by atoms with Crippen molar-refractivity contribution in [2.24, 2.45) is 0 Å². The number of hydrogen-bond acceptors (Lipinski definition) is 6. The van der Waals surface area contributed by atoms with Crippen LogP contribution in [0.1, 0.15) is 230 Å². The molecular weight excluding hydrogens is 991 g/mol. The molecule has 0 aliphatic rings. The number of rotatable bonds is 36. The summed E-state index contributed by atoms with van der Waals surface area (Å²) in [7, 11) is 0. The Kier molecular flexibility index (Phi) is 24.6. The van der Waals surface area contributed by atoms with E-state index in [1.807, 2.05) is 18.2 Å². The molecule has 0 unspecified atom stereocenters. The van der Waals surface area contributed by atoms with Crippen LogP contribution in [0.5, 0.6) is 0 Å². The normalized spacial score (nSPS) is 11.2. The SMILES string of the molecule is CCCCCCCCCCCCn1c2ccc(C=C(C#N)C#N)cc2c2c1c1c3cc(C=C(C#N)C#N)ccc3n(CCCCCCCCCCCC)c1c1c3cc(C=C(C#N)C#N)ccc3n(CCCCCCCCCCCC)c21. The molecule has 420 valence electrons. The van der Waals surface area contributed by atoms with Crippen LogP contribution in [0, 0.1) is 68.0 Å². The van der Waals surface area contributed by atoms with E-state index in [0.717, 1.165) is 140 Å². The fraction of sp³-hybridized carbons (Fsp3) is 0.500. The lowest BCUT2D eigenvalue weighted by Crippen LogP contribution is -2.02. The van der Waals surface area contributed by atoms with Crippen molar-refractivity contribution < 1.29 is 0 Å². The van der Waals surface area contributed by atoms with Crippen LogP contribution < -0.4 is 0 Å². The molecule has 7 rings (SSSR count). The molecule has 7 aromatic rings. The summed E-state index contributed by atoms with van der Waals surface area (Å²) in [5, 5.41) is 66.6. The van der Waals surface area contributed by atoms with E-state index >= 15 is 0 Å². The Morgan fingerprint density at radius 2 is 0.519 bits per heavy atom. The summed E-state index contributed by atoms with van der Waals surface area (Å²) in [6.07, 6.45) is 42.0. The zero-order chi connectivity index (χ0) is 57.2. The lowest BCUT2D eigenvalue weighted by atomic mass is 9.99. The van der Waals surface area contributed by atoms with Crippen molar-refractivity contribution in [2.75, 3.05) is 0 Å². The first-order valence-corrected chi connectivity index (χ1v) is 31.4. The molecule has 81 heavy (non-hydrogen) atoms. The van der Waals surface area contributed by atoms with E-state index in [1.54, 1.807) is 18.2 Å². The molecule has 0 spiro atoms. The molecule has 9 heteroatoms. The number of aromatic nitrogens is 3. The quantitative estimate of drug-likeness (QED) is 0.0281. The summed E-state index contributed by atoms with van der Waals surface area (Å²) < 4.78 is 7.68. The second-order valence-electron chi connectivity index (χ2n) is 22.8. The first kappa shape index (κ1) is 61.1. The summed E-state index contributed by atoms with van der Waals surface area (Å²) in [5.41, 5.74) is 9.21. The minimum absolute atomic E-state index is 0.0467. The van der Waals surface area contributed by atoms with Crippen LogP contribution in [0.15, 0.2) is 71.3 Å². The van der Waals surface area contributed by atoms with E-state index in [2.05, 4.69) is 107 Å². The highest BCUT2D eigenvalue weighted by Gasteiger charge is 2.28. The summed E-state index contributed by atoms with van der Waals surface area (Å²) in [4.78, 5) is 0. The van der Waals surface area contributed by atoms with Gasteiger partial charge in [0.25, 0.3) is 0 Å². The summed E-state index contributed by atoms with van der Waals surface area (Å²) in [5.74, 6) is 0. The number of nitriles is 6. The van der Waals surface area contributed by atoms with Crippen LogP contribution in [0.4, 0.5) is 0 Å². The Morgan fingerprint density at radius 3 is 0.728 bits per heavy atom. The Balaban J connectivity index is 1.52. The topological polar surface area (TPSA) is 158 Å². The highest BCUT2D eigenvalue weighted by atomic mass is 15.0. The monoisotopic (exact) mass is 1080 g/mol. The van der Waals surface area contributed by atoms with Crippen LogP contribution >= 0.6 is 0 Å². The molecule has 0 aliphatic carbocycles. The first-order valence-electron chi connectivity index (χ1n) is 31.4. The van der Waals surface area contributed by atoms with Crippen LogP contribution in [-0.2, 0) is 19.6 Å². The van der Waals surface area contributed by atoms with E-state index in [-0.39, 0.29) is 16.7 Å². The third kappa shape index (κ3) is 15.7. The van der Waals surface area contributed by atoms with E-state index < -0.39 is 0 Å². The molecule has 0 saturated carbocycles. The number of nitrogens with zero attached hydrogens (tertiary/aromatic N) is 9. The highest BCUT2D eigenvalue weighted by molar-refractivity contribution is 6.39. The third-order valence-electron chi connectivity index (χ3n) is 16.8. The van der Waals surface area contributed by atoms with Crippen molar-refractivity contribution in [3.05, 3.63) is 88.0 Å². The molecule has 0 radical (unpaired) electrons. The molecular formula is C72H87N9. The van der Waals surface area contributed by atoms with E-state index in [0.29, 0.717) is 0 Å². The van der Waals surface area contributed by atoms with Crippen molar-refractivity contribution >= 4 is 83.6 Å². The molecule has 0 N–H and O–H groups in total. The van der Waals surface area contributed by atoms with Crippen molar-refractivity contribution in [1.29, 1.82) is 31.6 Å². The number of fused-ring (bicyclic) bond motifs is 12. The minimum atomic E-state index is 0.0467. The zero-order valence-corrected chi connectivity index (χ0v) is 49.3. The van der Waals surface area contributed by atoms with Gasteiger partial charge in [-0.05, 0) is 90.6 Å². The molecule has 9 nitrogen and oxygen atoms in total. The van der Waals surface area contributed by atoms with Gasteiger partial charge in [0.15, 0.2) is 0 Å². The van der Waals surface area contributed by atoms with Gasteiger partial charge in [-0.25, -0.2) is 0 Å². The molecule has 0 amide bonds. The summed E-state index contributed by atoms with van der Waals surface area (Å²) in [6, 6.07) is 31.8. The first-order chi connectivity index (χ1) is 39.9. The molecule has 0 saturated heterocycles. The van der Waals surface area contributed by atoms with Gasteiger partial charge in [-0.3, -0.25) is 0 Å². The van der Waals surface area contributed by atoms with Gasteiger partial charge in [-0.1, -0.05) is 212 Å². The lowest BCUT2D eigenvalue weighted by molar-refractivity contribution is 0.541. The maximum atomic E-state index is 10.0. The predicted octanol–water partition coefficient (Wildman–Crippen LogP) is 21.1. The van der Waals surface area contributed by atoms with Gasteiger partial charge in [-0.15, -0.1) is 0 Å². The number of aryl methyl sites for hydroxylation is 3. The predicted molar refractivity (Wildman–Crippen MR) is 339 cm³/mol. The van der Waals surface area contributed by atoms with Gasteiger partial charge in [-0.2, -0.15) is 31.6 Å². The lowest BCUT2D eigenvalue weighted by Gasteiger charge is -2.13. The molecule has 0 atom stereocenters. The average Bonchev–Trinajstić information content (AvgIpc) is 3.34. The Morgan fingerprint density at radius 1 is 0.309 bits per heavy atom. The molecule has 0 aliphatic heterocycles. The largest absolute Gasteiger partial charge is 0.340 e. The maximum Gasteiger partial charge on any atom is 0.130 e. The molecule has 4 aromatic carbocycles. The maximum absolute atomic E-state index is 10.0. The van der Waals surface area contributed by atoms with Crippen LogP contribution in [0.3, 0.4) is 0 Å². The third-order valence-corrected chi connectivity index (χ3v) is 16.8. The standard InChI is InChI=1S/C72H87N9/c1-4-7-10-13-16-19-22-25-28-31-40-79-64-37-34-55(43-58(49-73)50-74)46-61(64)67-70(79)68-62-47-56(44-59(51-75)52-76)35-38-65(62)80(41-32-29-26-23-20-17-14-11-8-5-2)72(68)69-63-48-57(45-60(53-77)54-78)36-39-66(63)81(71(67)69)42-33-30-27-24-21-18-15-12-9-6-3/h34-39,43-48H,4-33,40-42H2,1-3H3. The number of benzene rings is 4. The fourth-order valence-electron chi connectivity index (χ4n) is 12.6. The summed E-state index contributed by atoms with van der Waals surface area (Å²) >= 11 is 0. The van der Waals surface area contributed by atoms with Crippen molar-refractivity contribution in [1.82, 2.24) is 13.7 Å². The van der Waals surface area contributed by atoms with Gasteiger partial charge < -0.3 is 13.7 Å². The zero-order valence-electron chi connectivity index (χ0n) is 49.3. The molecule has 3 heterocycles. The van der Waals surface area contributed by atoms with Crippen LogP contribution in [-0.4, -0.2) is 13.7 Å². The average molecular weight is 1080 g/mol. The Bertz CT molecular complexity index is 3140.